The Hall–Kier alpha value is -2.09. The van der Waals surface area contributed by atoms with E-state index in [1.807, 2.05) is 13.0 Å². The highest BCUT2D eigenvalue weighted by atomic mass is 15.2. The second-order valence-corrected chi connectivity index (χ2v) is 4.93. The van der Waals surface area contributed by atoms with Crippen LogP contribution >= 0.6 is 0 Å². The molecule has 0 saturated heterocycles. The summed E-state index contributed by atoms with van der Waals surface area (Å²) in [7, 11) is 0. The van der Waals surface area contributed by atoms with Gasteiger partial charge in [0.05, 0.1) is 0 Å². The van der Waals surface area contributed by atoms with E-state index in [4.69, 9.17) is 4.98 Å². The summed E-state index contributed by atoms with van der Waals surface area (Å²) in [4.78, 5) is 7.04. The fraction of sp³-hybridized carbons (Fsp3) is 0.235. The van der Waals surface area contributed by atoms with Crippen molar-refractivity contribution in [3.05, 3.63) is 59.8 Å². The van der Waals surface area contributed by atoms with Gasteiger partial charge in [0.15, 0.2) is 0 Å². The number of anilines is 2. The SMILES string of the molecule is C=Cc1ccc(N2CCCc3ccccc32)nc1C. The number of benzene rings is 1. The summed E-state index contributed by atoms with van der Waals surface area (Å²) in [6.07, 6.45) is 4.20. The lowest BCUT2D eigenvalue weighted by atomic mass is 10.0. The molecule has 0 atom stereocenters. The highest BCUT2D eigenvalue weighted by molar-refractivity contribution is 5.66. The van der Waals surface area contributed by atoms with E-state index in [-0.39, 0.29) is 0 Å². The molecule has 1 aliphatic rings. The van der Waals surface area contributed by atoms with Crippen LogP contribution in [0.5, 0.6) is 0 Å². The standard InChI is InChI=1S/C17H18N2/c1-3-14-10-11-17(18-13(14)2)19-12-6-8-15-7-4-5-9-16(15)19/h3-5,7,9-11H,1,6,8,12H2,2H3. The molecule has 0 bridgehead atoms. The second-order valence-electron chi connectivity index (χ2n) is 4.93. The molecule has 2 nitrogen and oxygen atoms in total. The monoisotopic (exact) mass is 250 g/mol. The maximum absolute atomic E-state index is 4.72. The van der Waals surface area contributed by atoms with Crippen LogP contribution < -0.4 is 4.90 Å². The molecule has 0 aliphatic carbocycles. The molecule has 2 heteroatoms. The summed E-state index contributed by atoms with van der Waals surface area (Å²) in [5.74, 6) is 1.04. The quantitative estimate of drug-likeness (QED) is 0.797. The van der Waals surface area contributed by atoms with Crippen LogP contribution in [-0.2, 0) is 6.42 Å². The van der Waals surface area contributed by atoms with Crippen molar-refractivity contribution in [1.29, 1.82) is 0 Å². The Bertz CT molecular complexity index is 616. The van der Waals surface area contributed by atoms with Gasteiger partial charge in [-0.05, 0) is 49.1 Å². The molecule has 2 heterocycles. The fourth-order valence-electron chi connectivity index (χ4n) is 2.70. The number of nitrogens with zero attached hydrogens (tertiary/aromatic N) is 2. The van der Waals surface area contributed by atoms with Crippen molar-refractivity contribution >= 4 is 17.6 Å². The molecule has 0 fully saturated rings. The number of para-hydroxylation sites is 1. The molecule has 96 valence electrons. The second kappa shape index (κ2) is 4.88. The predicted molar refractivity (Wildman–Crippen MR) is 80.8 cm³/mol. The Kier molecular flexibility index (Phi) is 3.08. The molecule has 0 N–H and O–H groups in total. The Morgan fingerprint density at radius 2 is 2.05 bits per heavy atom. The number of hydrogen-bond donors (Lipinski definition) is 0. The Balaban J connectivity index is 2.04. The van der Waals surface area contributed by atoms with Crippen molar-refractivity contribution in [1.82, 2.24) is 4.98 Å². The van der Waals surface area contributed by atoms with Crippen LogP contribution in [0.1, 0.15) is 23.2 Å². The number of aromatic nitrogens is 1. The zero-order valence-electron chi connectivity index (χ0n) is 11.3. The van der Waals surface area contributed by atoms with Crippen molar-refractivity contribution in [3.8, 4) is 0 Å². The number of hydrogen-bond acceptors (Lipinski definition) is 2. The Labute approximate surface area is 114 Å². The molecule has 2 aromatic rings. The van der Waals surface area contributed by atoms with Crippen LogP contribution in [0, 0.1) is 6.92 Å². The van der Waals surface area contributed by atoms with Crippen LogP contribution in [0.25, 0.3) is 6.08 Å². The van der Waals surface area contributed by atoms with Gasteiger partial charge in [-0.15, -0.1) is 0 Å². The topological polar surface area (TPSA) is 16.1 Å². The molecular formula is C17H18N2. The van der Waals surface area contributed by atoms with Gasteiger partial charge in [-0.2, -0.15) is 0 Å². The van der Waals surface area contributed by atoms with Crippen LogP contribution in [0.2, 0.25) is 0 Å². The highest BCUT2D eigenvalue weighted by Crippen LogP contribution is 2.32. The van der Waals surface area contributed by atoms with E-state index in [0.717, 1.165) is 30.0 Å². The lowest BCUT2D eigenvalue weighted by Gasteiger charge is -2.30. The minimum Gasteiger partial charge on any atom is -0.326 e. The van der Waals surface area contributed by atoms with Gasteiger partial charge in [0.1, 0.15) is 5.82 Å². The zero-order chi connectivity index (χ0) is 13.2. The molecule has 0 unspecified atom stereocenters. The van der Waals surface area contributed by atoms with Gasteiger partial charge in [0.25, 0.3) is 0 Å². The summed E-state index contributed by atoms with van der Waals surface area (Å²) in [6, 6.07) is 12.8. The van der Waals surface area contributed by atoms with Gasteiger partial charge in [-0.1, -0.05) is 30.9 Å². The van der Waals surface area contributed by atoms with Crippen molar-refractivity contribution < 1.29 is 0 Å². The molecule has 3 rings (SSSR count). The Morgan fingerprint density at radius 1 is 1.21 bits per heavy atom. The van der Waals surface area contributed by atoms with Gasteiger partial charge in [0.2, 0.25) is 0 Å². The van der Waals surface area contributed by atoms with E-state index in [2.05, 4.69) is 47.9 Å². The maximum Gasteiger partial charge on any atom is 0.133 e. The van der Waals surface area contributed by atoms with E-state index < -0.39 is 0 Å². The molecule has 1 aromatic heterocycles. The lowest BCUT2D eigenvalue weighted by Crippen LogP contribution is -2.25. The van der Waals surface area contributed by atoms with Gasteiger partial charge < -0.3 is 4.90 Å². The van der Waals surface area contributed by atoms with Gasteiger partial charge >= 0.3 is 0 Å². The zero-order valence-corrected chi connectivity index (χ0v) is 11.3. The average Bonchev–Trinajstić information content (AvgIpc) is 2.46. The Morgan fingerprint density at radius 3 is 2.84 bits per heavy atom. The molecule has 19 heavy (non-hydrogen) atoms. The number of fused-ring (bicyclic) bond motifs is 1. The minimum absolute atomic E-state index is 1.04. The fourth-order valence-corrected chi connectivity index (χ4v) is 2.70. The molecule has 0 saturated carbocycles. The number of pyridine rings is 1. The first-order valence-electron chi connectivity index (χ1n) is 6.75. The first kappa shape index (κ1) is 12.0. The van der Waals surface area contributed by atoms with E-state index >= 15 is 0 Å². The smallest absolute Gasteiger partial charge is 0.133 e. The van der Waals surface area contributed by atoms with Crippen molar-refractivity contribution in [2.75, 3.05) is 11.4 Å². The summed E-state index contributed by atoms with van der Waals surface area (Å²) in [5, 5.41) is 0. The van der Waals surface area contributed by atoms with Crippen LogP contribution in [0.15, 0.2) is 43.0 Å². The summed E-state index contributed by atoms with van der Waals surface area (Å²) in [6.45, 7) is 6.89. The van der Waals surface area contributed by atoms with Crippen molar-refractivity contribution in [2.24, 2.45) is 0 Å². The van der Waals surface area contributed by atoms with Crippen LogP contribution in [0.4, 0.5) is 11.5 Å². The number of aryl methyl sites for hydroxylation is 2. The molecule has 1 aliphatic heterocycles. The van der Waals surface area contributed by atoms with E-state index in [1.54, 1.807) is 0 Å². The van der Waals surface area contributed by atoms with Crippen LogP contribution in [0.3, 0.4) is 0 Å². The van der Waals surface area contributed by atoms with Crippen LogP contribution in [-0.4, -0.2) is 11.5 Å². The van der Waals surface area contributed by atoms with Gasteiger partial charge in [-0.25, -0.2) is 4.98 Å². The number of rotatable bonds is 2. The maximum atomic E-state index is 4.72. The minimum atomic E-state index is 1.04. The third-order valence-corrected chi connectivity index (χ3v) is 3.72. The first-order valence-corrected chi connectivity index (χ1v) is 6.75. The molecule has 0 amide bonds. The summed E-state index contributed by atoms with van der Waals surface area (Å²) < 4.78 is 0. The molecular weight excluding hydrogens is 232 g/mol. The lowest BCUT2D eigenvalue weighted by molar-refractivity contribution is 0.758. The predicted octanol–water partition coefficient (Wildman–Crippen LogP) is 4.12. The average molecular weight is 250 g/mol. The summed E-state index contributed by atoms with van der Waals surface area (Å²) >= 11 is 0. The summed E-state index contributed by atoms with van der Waals surface area (Å²) in [5.41, 5.74) is 4.86. The largest absolute Gasteiger partial charge is 0.326 e. The molecule has 0 spiro atoms. The van der Waals surface area contributed by atoms with E-state index in [0.29, 0.717) is 0 Å². The van der Waals surface area contributed by atoms with Gasteiger partial charge in [0, 0.05) is 17.9 Å². The molecule has 0 radical (unpaired) electrons. The van der Waals surface area contributed by atoms with Crippen molar-refractivity contribution in [2.45, 2.75) is 19.8 Å². The third-order valence-electron chi connectivity index (χ3n) is 3.72. The van der Waals surface area contributed by atoms with E-state index in [9.17, 15) is 0 Å². The first-order chi connectivity index (χ1) is 9.29. The third kappa shape index (κ3) is 2.14. The van der Waals surface area contributed by atoms with Gasteiger partial charge in [-0.3, -0.25) is 0 Å². The van der Waals surface area contributed by atoms with Crippen molar-refractivity contribution in [3.63, 3.8) is 0 Å². The normalized spacial score (nSPS) is 14.1. The highest BCUT2D eigenvalue weighted by Gasteiger charge is 2.18. The molecule has 1 aromatic carbocycles. The van der Waals surface area contributed by atoms with E-state index in [1.165, 1.54) is 17.7 Å².